The molecule has 3 N–H and O–H groups in total. The quantitative estimate of drug-likeness (QED) is 0.751. The average Bonchev–Trinajstić information content (AvgIpc) is 2.91. The molecule has 1 aromatic carbocycles. The SMILES string of the molecule is Nc1nc(C(=O)Nc2ccsc2)cc2ccccc12. The summed E-state index contributed by atoms with van der Waals surface area (Å²) in [4.78, 5) is 16.2. The van der Waals surface area contributed by atoms with E-state index in [1.54, 1.807) is 6.07 Å². The molecule has 0 unspecified atom stereocenters. The van der Waals surface area contributed by atoms with E-state index in [9.17, 15) is 4.79 Å². The third kappa shape index (κ3) is 2.28. The number of nitrogens with zero attached hydrogens (tertiary/aromatic N) is 1. The van der Waals surface area contributed by atoms with Crippen LogP contribution in [0.4, 0.5) is 11.5 Å². The molecule has 4 nitrogen and oxygen atoms in total. The first-order chi connectivity index (χ1) is 9.24. The van der Waals surface area contributed by atoms with Crippen molar-refractivity contribution in [3.05, 3.63) is 52.9 Å². The summed E-state index contributed by atoms with van der Waals surface area (Å²) in [7, 11) is 0. The van der Waals surface area contributed by atoms with Crippen LogP contribution in [-0.2, 0) is 0 Å². The number of rotatable bonds is 2. The number of nitrogens with one attached hydrogen (secondary N) is 1. The molecule has 0 saturated heterocycles. The summed E-state index contributed by atoms with van der Waals surface area (Å²) in [5.41, 5.74) is 6.97. The largest absolute Gasteiger partial charge is 0.383 e. The molecule has 5 heteroatoms. The molecular formula is C14H11N3OS. The number of nitrogen functional groups attached to an aromatic ring is 1. The molecule has 0 bridgehead atoms. The molecule has 94 valence electrons. The Balaban J connectivity index is 1.98. The van der Waals surface area contributed by atoms with Crippen LogP contribution in [0.3, 0.4) is 0 Å². The zero-order valence-electron chi connectivity index (χ0n) is 9.96. The van der Waals surface area contributed by atoms with Gasteiger partial charge in [-0.2, -0.15) is 11.3 Å². The Morgan fingerprint density at radius 1 is 1.26 bits per heavy atom. The highest BCUT2D eigenvalue weighted by molar-refractivity contribution is 7.08. The van der Waals surface area contributed by atoms with Gasteiger partial charge in [-0.05, 0) is 22.9 Å². The lowest BCUT2D eigenvalue weighted by Gasteiger charge is -2.06. The second-order valence-corrected chi connectivity index (χ2v) is 4.86. The molecule has 0 radical (unpaired) electrons. The fourth-order valence-corrected chi connectivity index (χ4v) is 2.46. The van der Waals surface area contributed by atoms with Crippen LogP contribution >= 0.6 is 11.3 Å². The third-order valence-corrected chi connectivity index (χ3v) is 3.46. The van der Waals surface area contributed by atoms with E-state index in [1.165, 1.54) is 11.3 Å². The van der Waals surface area contributed by atoms with Crippen molar-refractivity contribution >= 4 is 39.5 Å². The van der Waals surface area contributed by atoms with Gasteiger partial charge in [-0.15, -0.1) is 0 Å². The lowest BCUT2D eigenvalue weighted by molar-refractivity contribution is 0.102. The smallest absolute Gasteiger partial charge is 0.274 e. The number of carbonyl (C=O) groups excluding carboxylic acids is 1. The standard InChI is InChI=1S/C14H11N3OS/c15-13-11-4-2-1-3-9(11)7-12(17-13)14(18)16-10-5-6-19-8-10/h1-8H,(H2,15,17)(H,16,18). The molecule has 0 atom stereocenters. The molecule has 0 aliphatic heterocycles. The van der Waals surface area contributed by atoms with Crippen molar-refractivity contribution in [2.75, 3.05) is 11.1 Å². The lowest BCUT2D eigenvalue weighted by atomic mass is 10.1. The van der Waals surface area contributed by atoms with Gasteiger partial charge in [0.25, 0.3) is 5.91 Å². The van der Waals surface area contributed by atoms with Crippen LogP contribution in [0.1, 0.15) is 10.5 Å². The predicted octanol–water partition coefficient (Wildman–Crippen LogP) is 3.13. The first kappa shape index (κ1) is 11.7. The van der Waals surface area contributed by atoms with Crippen molar-refractivity contribution in [2.24, 2.45) is 0 Å². The van der Waals surface area contributed by atoms with E-state index in [0.29, 0.717) is 11.5 Å². The summed E-state index contributed by atoms with van der Waals surface area (Å²) in [6, 6.07) is 11.2. The Morgan fingerprint density at radius 2 is 2.11 bits per heavy atom. The molecule has 0 saturated carbocycles. The highest BCUT2D eigenvalue weighted by atomic mass is 32.1. The number of aromatic nitrogens is 1. The number of hydrogen-bond donors (Lipinski definition) is 2. The zero-order valence-corrected chi connectivity index (χ0v) is 10.8. The topological polar surface area (TPSA) is 68.0 Å². The van der Waals surface area contributed by atoms with Gasteiger partial charge in [0.15, 0.2) is 0 Å². The molecule has 0 fully saturated rings. The molecule has 0 spiro atoms. The highest BCUT2D eigenvalue weighted by Crippen LogP contribution is 2.21. The van der Waals surface area contributed by atoms with Crippen LogP contribution in [0.5, 0.6) is 0 Å². The molecule has 3 aromatic rings. The number of nitrogens with two attached hydrogens (primary N) is 1. The maximum atomic E-state index is 12.1. The Bertz CT molecular complexity index is 738. The number of hydrogen-bond acceptors (Lipinski definition) is 4. The van der Waals surface area contributed by atoms with E-state index in [4.69, 9.17) is 5.73 Å². The maximum Gasteiger partial charge on any atom is 0.274 e. The van der Waals surface area contributed by atoms with Crippen molar-refractivity contribution in [2.45, 2.75) is 0 Å². The molecular weight excluding hydrogens is 258 g/mol. The number of benzene rings is 1. The number of anilines is 2. The average molecular weight is 269 g/mol. The second kappa shape index (κ2) is 4.70. The summed E-state index contributed by atoms with van der Waals surface area (Å²) in [6.07, 6.45) is 0. The van der Waals surface area contributed by atoms with Crippen LogP contribution in [-0.4, -0.2) is 10.9 Å². The van der Waals surface area contributed by atoms with Crippen LogP contribution in [0.15, 0.2) is 47.2 Å². The number of thiophene rings is 1. The van der Waals surface area contributed by atoms with Gasteiger partial charge in [-0.1, -0.05) is 24.3 Å². The van der Waals surface area contributed by atoms with Gasteiger partial charge in [0.2, 0.25) is 0 Å². The van der Waals surface area contributed by atoms with E-state index < -0.39 is 0 Å². The fourth-order valence-electron chi connectivity index (χ4n) is 1.87. The molecule has 1 amide bonds. The van der Waals surface area contributed by atoms with Crippen molar-refractivity contribution in [1.82, 2.24) is 4.98 Å². The Labute approximate surface area is 113 Å². The Kier molecular flexibility index (Phi) is 2.89. The molecule has 0 aliphatic carbocycles. The number of fused-ring (bicyclic) bond motifs is 1. The first-order valence-electron chi connectivity index (χ1n) is 5.73. The predicted molar refractivity (Wildman–Crippen MR) is 78.4 cm³/mol. The normalized spacial score (nSPS) is 10.5. The Morgan fingerprint density at radius 3 is 2.89 bits per heavy atom. The molecule has 3 rings (SSSR count). The van der Waals surface area contributed by atoms with Gasteiger partial charge in [0.05, 0.1) is 5.69 Å². The van der Waals surface area contributed by atoms with Gasteiger partial charge >= 0.3 is 0 Å². The van der Waals surface area contributed by atoms with E-state index >= 15 is 0 Å². The summed E-state index contributed by atoms with van der Waals surface area (Å²) < 4.78 is 0. The third-order valence-electron chi connectivity index (χ3n) is 2.78. The summed E-state index contributed by atoms with van der Waals surface area (Å²) >= 11 is 1.52. The summed E-state index contributed by atoms with van der Waals surface area (Å²) in [5, 5.41) is 8.31. The van der Waals surface area contributed by atoms with Gasteiger partial charge in [-0.25, -0.2) is 4.98 Å². The lowest BCUT2D eigenvalue weighted by Crippen LogP contribution is -2.14. The van der Waals surface area contributed by atoms with E-state index in [2.05, 4.69) is 10.3 Å². The van der Waals surface area contributed by atoms with Crippen LogP contribution < -0.4 is 11.1 Å². The monoisotopic (exact) mass is 269 g/mol. The van der Waals surface area contributed by atoms with E-state index in [0.717, 1.165) is 16.5 Å². The molecule has 2 aromatic heterocycles. The van der Waals surface area contributed by atoms with Crippen molar-refractivity contribution < 1.29 is 4.79 Å². The summed E-state index contributed by atoms with van der Waals surface area (Å²) in [6.45, 7) is 0. The molecule has 2 heterocycles. The van der Waals surface area contributed by atoms with E-state index in [-0.39, 0.29) is 5.91 Å². The van der Waals surface area contributed by atoms with Gasteiger partial charge < -0.3 is 11.1 Å². The minimum absolute atomic E-state index is 0.254. The second-order valence-electron chi connectivity index (χ2n) is 4.08. The maximum absolute atomic E-state index is 12.1. The Hall–Kier alpha value is -2.40. The van der Waals surface area contributed by atoms with Crippen molar-refractivity contribution in [1.29, 1.82) is 0 Å². The minimum atomic E-state index is -0.254. The van der Waals surface area contributed by atoms with Gasteiger partial charge in [0.1, 0.15) is 11.5 Å². The first-order valence-corrected chi connectivity index (χ1v) is 6.67. The van der Waals surface area contributed by atoms with Crippen LogP contribution in [0, 0.1) is 0 Å². The van der Waals surface area contributed by atoms with Gasteiger partial charge in [0, 0.05) is 10.8 Å². The van der Waals surface area contributed by atoms with Gasteiger partial charge in [-0.3, -0.25) is 4.79 Å². The molecule has 0 aliphatic rings. The number of amides is 1. The van der Waals surface area contributed by atoms with E-state index in [1.807, 2.05) is 41.1 Å². The molecule has 19 heavy (non-hydrogen) atoms. The highest BCUT2D eigenvalue weighted by Gasteiger charge is 2.11. The number of pyridine rings is 1. The zero-order chi connectivity index (χ0) is 13.2. The number of carbonyl (C=O) groups is 1. The minimum Gasteiger partial charge on any atom is -0.383 e. The van der Waals surface area contributed by atoms with Crippen LogP contribution in [0.25, 0.3) is 10.8 Å². The van der Waals surface area contributed by atoms with Crippen molar-refractivity contribution in [3.63, 3.8) is 0 Å². The van der Waals surface area contributed by atoms with Crippen LogP contribution in [0.2, 0.25) is 0 Å². The summed E-state index contributed by atoms with van der Waals surface area (Å²) in [5.74, 6) is 0.115. The fraction of sp³-hybridized carbons (Fsp3) is 0. The van der Waals surface area contributed by atoms with Crippen molar-refractivity contribution in [3.8, 4) is 0 Å².